The van der Waals surface area contributed by atoms with Gasteiger partial charge in [-0.05, 0) is 38.1 Å². The molecule has 1 aromatic rings. The number of amidine groups is 1. The van der Waals surface area contributed by atoms with Crippen LogP contribution in [0.15, 0.2) is 29.3 Å². The first-order chi connectivity index (χ1) is 10.5. The van der Waals surface area contributed by atoms with Crippen molar-refractivity contribution in [3.05, 3.63) is 24.3 Å². The third kappa shape index (κ3) is 4.00. The molecule has 2 rings (SSSR count). The van der Waals surface area contributed by atoms with Crippen molar-refractivity contribution in [2.24, 2.45) is 10.7 Å². The van der Waals surface area contributed by atoms with E-state index in [0.29, 0.717) is 5.69 Å². The quantitative estimate of drug-likeness (QED) is 0.835. The lowest BCUT2D eigenvalue weighted by Gasteiger charge is -2.21. The highest BCUT2D eigenvalue weighted by molar-refractivity contribution is 8.15. The molecular weight excluding hydrogens is 300 g/mol. The van der Waals surface area contributed by atoms with Crippen LogP contribution in [0.5, 0.6) is 0 Å². The summed E-state index contributed by atoms with van der Waals surface area (Å²) in [6.45, 7) is 6.07. The number of rotatable bonds is 6. The summed E-state index contributed by atoms with van der Waals surface area (Å²) in [6.07, 6.45) is 0.0749. The molecule has 2 amide bonds. The van der Waals surface area contributed by atoms with Crippen molar-refractivity contribution < 1.29 is 9.59 Å². The number of aliphatic imine (C=N–C) groups is 1. The highest BCUT2D eigenvalue weighted by Crippen LogP contribution is 2.23. The molecule has 0 fully saturated rings. The van der Waals surface area contributed by atoms with Gasteiger partial charge in [-0.25, -0.2) is 0 Å². The summed E-state index contributed by atoms with van der Waals surface area (Å²) in [7, 11) is 0. The summed E-state index contributed by atoms with van der Waals surface area (Å²) in [5.41, 5.74) is 7.30. The zero-order chi connectivity index (χ0) is 16.1. The molecule has 0 aliphatic carbocycles. The van der Waals surface area contributed by atoms with Gasteiger partial charge >= 0.3 is 0 Å². The fourth-order valence-electron chi connectivity index (χ4n) is 2.26. The predicted molar refractivity (Wildman–Crippen MR) is 91.3 cm³/mol. The number of thioether (sulfide) groups is 1. The minimum Gasteiger partial charge on any atom is -0.378 e. The van der Waals surface area contributed by atoms with E-state index in [4.69, 9.17) is 5.73 Å². The average molecular weight is 320 g/mol. The van der Waals surface area contributed by atoms with E-state index in [9.17, 15) is 9.59 Å². The van der Waals surface area contributed by atoms with Gasteiger partial charge in [0, 0.05) is 30.9 Å². The zero-order valence-electron chi connectivity index (χ0n) is 12.7. The molecule has 6 nitrogen and oxygen atoms in total. The maximum atomic E-state index is 12.0. The van der Waals surface area contributed by atoms with Crippen molar-refractivity contribution in [1.82, 2.24) is 0 Å². The van der Waals surface area contributed by atoms with E-state index in [0.717, 1.165) is 30.5 Å². The molecule has 0 saturated heterocycles. The fourth-order valence-corrected chi connectivity index (χ4v) is 3.08. The van der Waals surface area contributed by atoms with Gasteiger partial charge in [-0.15, -0.1) is 0 Å². The highest BCUT2D eigenvalue weighted by atomic mass is 32.2. The van der Waals surface area contributed by atoms with Crippen LogP contribution in [0.2, 0.25) is 0 Å². The van der Waals surface area contributed by atoms with Gasteiger partial charge in [-0.1, -0.05) is 11.8 Å². The second-order valence-corrected chi connectivity index (χ2v) is 6.09. The van der Waals surface area contributed by atoms with Crippen LogP contribution < -0.4 is 16.0 Å². The van der Waals surface area contributed by atoms with Gasteiger partial charge in [-0.2, -0.15) is 4.99 Å². The monoisotopic (exact) mass is 320 g/mol. The van der Waals surface area contributed by atoms with Crippen LogP contribution in [0.3, 0.4) is 0 Å². The smallest absolute Gasteiger partial charge is 0.262 e. The van der Waals surface area contributed by atoms with Crippen molar-refractivity contribution in [3.63, 3.8) is 0 Å². The van der Waals surface area contributed by atoms with Crippen LogP contribution in [0.25, 0.3) is 0 Å². The molecule has 1 heterocycles. The maximum Gasteiger partial charge on any atom is 0.262 e. The van der Waals surface area contributed by atoms with Crippen molar-refractivity contribution >= 4 is 40.1 Å². The topological polar surface area (TPSA) is 87.8 Å². The Kier molecular flexibility index (Phi) is 5.43. The number of benzene rings is 1. The summed E-state index contributed by atoms with van der Waals surface area (Å²) < 4.78 is 0. The number of hydrogen-bond donors (Lipinski definition) is 2. The second kappa shape index (κ2) is 7.31. The van der Waals surface area contributed by atoms with Crippen molar-refractivity contribution in [2.45, 2.75) is 25.5 Å². The standard InChI is InChI=1S/C15H20N4O2S/c1-3-19(4-2)11-7-5-10(6-8-11)17-13(20)9-12-14(21)18-15(16)22-12/h5-8,12H,3-4,9H2,1-2H3,(H,17,20)(H2,16,18,21). The number of amides is 2. The molecule has 0 saturated carbocycles. The SMILES string of the molecule is CCN(CC)c1ccc(NC(=O)CC2SC(N)=NC2=O)cc1. The Hall–Kier alpha value is -2.02. The molecule has 1 aliphatic heterocycles. The van der Waals surface area contributed by atoms with E-state index in [-0.39, 0.29) is 23.4 Å². The molecular formula is C15H20N4O2S. The zero-order valence-corrected chi connectivity index (χ0v) is 13.5. The summed E-state index contributed by atoms with van der Waals surface area (Å²) in [4.78, 5) is 29.3. The van der Waals surface area contributed by atoms with Gasteiger partial charge in [0.15, 0.2) is 5.17 Å². The van der Waals surface area contributed by atoms with E-state index in [2.05, 4.69) is 29.1 Å². The Morgan fingerprint density at radius 1 is 1.32 bits per heavy atom. The van der Waals surface area contributed by atoms with E-state index in [1.54, 1.807) is 0 Å². The Morgan fingerprint density at radius 2 is 1.95 bits per heavy atom. The Bertz CT molecular complexity index is 582. The van der Waals surface area contributed by atoms with Gasteiger partial charge in [0.25, 0.3) is 5.91 Å². The van der Waals surface area contributed by atoms with Gasteiger partial charge in [-0.3, -0.25) is 9.59 Å². The summed E-state index contributed by atoms with van der Waals surface area (Å²) in [6, 6.07) is 7.67. The number of carbonyl (C=O) groups excluding carboxylic acids is 2. The summed E-state index contributed by atoms with van der Waals surface area (Å²) in [5, 5.41) is 2.52. The fraction of sp³-hybridized carbons (Fsp3) is 0.400. The van der Waals surface area contributed by atoms with E-state index in [1.807, 2.05) is 24.3 Å². The molecule has 0 aromatic heterocycles. The maximum absolute atomic E-state index is 12.0. The van der Waals surface area contributed by atoms with Gasteiger partial charge in [0.05, 0.1) is 0 Å². The van der Waals surface area contributed by atoms with Gasteiger partial charge in [0.1, 0.15) is 5.25 Å². The van der Waals surface area contributed by atoms with Crippen molar-refractivity contribution in [1.29, 1.82) is 0 Å². The third-order valence-corrected chi connectivity index (χ3v) is 4.39. The van der Waals surface area contributed by atoms with E-state index in [1.165, 1.54) is 0 Å². The first-order valence-electron chi connectivity index (χ1n) is 7.23. The summed E-state index contributed by atoms with van der Waals surface area (Å²) >= 11 is 1.14. The molecule has 22 heavy (non-hydrogen) atoms. The molecule has 1 atom stereocenters. The average Bonchev–Trinajstić information content (AvgIpc) is 2.79. The number of nitrogens with two attached hydrogens (primary N) is 1. The van der Waals surface area contributed by atoms with E-state index >= 15 is 0 Å². The predicted octanol–water partition coefficient (Wildman–Crippen LogP) is 1.82. The lowest BCUT2D eigenvalue weighted by Crippen LogP contribution is -2.22. The molecule has 3 N–H and O–H groups in total. The van der Waals surface area contributed by atoms with Crippen LogP contribution >= 0.6 is 11.8 Å². The number of nitrogens with zero attached hydrogens (tertiary/aromatic N) is 2. The molecule has 1 unspecified atom stereocenters. The minimum atomic E-state index is -0.505. The summed E-state index contributed by atoms with van der Waals surface area (Å²) in [5.74, 6) is -0.555. The van der Waals surface area contributed by atoms with Gasteiger partial charge in [0.2, 0.25) is 5.91 Å². The Balaban J connectivity index is 1.91. The second-order valence-electron chi connectivity index (χ2n) is 4.87. The Labute approximate surface area is 134 Å². The van der Waals surface area contributed by atoms with Crippen LogP contribution in [0, 0.1) is 0 Å². The molecule has 0 bridgehead atoms. The molecule has 1 aromatic carbocycles. The highest BCUT2D eigenvalue weighted by Gasteiger charge is 2.29. The van der Waals surface area contributed by atoms with Crippen LogP contribution in [-0.2, 0) is 9.59 Å². The normalized spacial score (nSPS) is 17.3. The van der Waals surface area contributed by atoms with Crippen LogP contribution in [0.1, 0.15) is 20.3 Å². The first kappa shape index (κ1) is 16.4. The molecule has 118 valence electrons. The molecule has 0 spiro atoms. The largest absolute Gasteiger partial charge is 0.378 e. The van der Waals surface area contributed by atoms with Crippen molar-refractivity contribution in [2.75, 3.05) is 23.3 Å². The van der Waals surface area contributed by atoms with Crippen molar-refractivity contribution in [3.8, 4) is 0 Å². The number of nitrogens with one attached hydrogen (secondary N) is 1. The third-order valence-electron chi connectivity index (χ3n) is 3.41. The number of carbonyl (C=O) groups is 2. The lowest BCUT2D eigenvalue weighted by molar-refractivity contribution is -0.121. The molecule has 0 radical (unpaired) electrons. The Morgan fingerprint density at radius 3 is 2.45 bits per heavy atom. The lowest BCUT2D eigenvalue weighted by atomic mass is 10.2. The number of anilines is 2. The van der Waals surface area contributed by atoms with E-state index < -0.39 is 5.25 Å². The van der Waals surface area contributed by atoms with Crippen LogP contribution in [0.4, 0.5) is 11.4 Å². The molecule has 1 aliphatic rings. The number of hydrogen-bond acceptors (Lipinski definition) is 5. The van der Waals surface area contributed by atoms with Gasteiger partial charge < -0.3 is 16.0 Å². The first-order valence-corrected chi connectivity index (χ1v) is 8.11. The molecule has 7 heteroatoms. The minimum absolute atomic E-state index is 0.0749. The van der Waals surface area contributed by atoms with Crippen LogP contribution in [-0.4, -0.2) is 35.3 Å².